The number of methoxy groups -OCH3 is 1. The number of nitrogens with zero attached hydrogens (tertiary/aromatic N) is 2. The number of rotatable bonds is 8. The smallest absolute Gasteiger partial charge is 0.242 e. The van der Waals surface area contributed by atoms with Crippen LogP contribution in [0.4, 0.5) is 5.69 Å². The fourth-order valence-electron chi connectivity index (χ4n) is 3.94. The van der Waals surface area contributed by atoms with E-state index in [0.29, 0.717) is 36.7 Å². The van der Waals surface area contributed by atoms with Crippen molar-refractivity contribution < 1.29 is 18.7 Å². The number of carbonyl (C=O) groups excluding carboxylic acids is 2. The predicted molar refractivity (Wildman–Crippen MR) is 125 cm³/mol. The van der Waals surface area contributed by atoms with Gasteiger partial charge in [0.25, 0.3) is 0 Å². The van der Waals surface area contributed by atoms with E-state index in [1.807, 2.05) is 65.9 Å². The molecule has 0 saturated heterocycles. The summed E-state index contributed by atoms with van der Waals surface area (Å²) in [4.78, 5) is 26.9. The first-order valence-electron chi connectivity index (χ1n) is 10.7. The first-order valence-corrected chi connectivity index (χ1v) is 10.7. The molecule has 0 fully saturated rings. The topological polar surface area (TPSA) is 76.7 Å². The van der Waals surface area contributed by atoms with E-state index in [1.54, 1.807) is 19.4 Å². The number of carbonyl (C=O) groups is 2. The second-order valence-electron chi connectivity index (χ2n) is 7.63. The maximum atomic E-state index is 12.6. The van der Waals surface area contributed by atoms with Crippen molar-refractivity contribution in [2.45, 2.75) is 26.8 Å². The Balaban J connectivity index is 1.45. The Morgan fingerprint density at radius 3 is 2.66 bits per heavy atom. The molecule has 2 aromatic heterocycles. The van der Waals surface area contributed by atoms with Crippen LogP contribution in [-0.2, 0) is 22.6 Å². The number of fused-ring (bicyclic) bond motifs is 2. The summed E-state index contributed by atoms with van der Waals surface area (Å²) >= 11 is 0. The molecule has 0 aliphatic heterocycles. The molecule has 4 rings (SSSR count). The lowest BCUT2D eigenvalue weighted by Crippen LogP contribution is -2.33. The molecule has 7 heteroatoms. The van der Waals surface area contributed by atoms with Crippen molar-refractivity contribution in [1.29, 1.82) is 0 Å². The van der Waals surface area contributed by atoms with Crippen molar-refractivity contribution in [2.24, 2.45) is 0 Å². The van der Waals surface area contributed by atoms with Crippen molar-refractivity contribution in [3.05, 3.63) is 60.5 Å². The number of hydrogen-bond donors (Lipinski definition) is 1. The number of likely N-dealkylation sites (N-methyl/N-ethyl adjacent to an activating group) is 1. The number of furan rings is 1. The zero-order chi connectivity index (χ0) is 22.7. The van der Waals surface area contributed by atoms with Crippen molar-refractivity contribution in [3.8, 4) is 5.75 Å². The summed E-state index contributed by atoms with van der Waals surface area (Å²) in [7, 11) is 1.60. The number of benzene rings is 2. The lowest BCUT2D eigenvalue weighted by atomic mass is 10.1. The van der Waals surface area contributed by atoms with Crippen molar-refractivity contribution in [3.63, 3.8) is 0 Å². The minimum Gasteiger partial charge on any atom is -0.497 e. The lowest BCUT2D eigenvalue weighted by Gasteiger charge is -2.19. The van der Waals surface area contributed by atoms with Gasteiger partial charge in [-0.15, -0.1) is 0 Å². The molecule has 0 atom stereocenters. The molecular formula is C25H27N3O4. The highest BCUT2D eigenvalue weighted by atomic mass is 16.5. The summed E-state index contributed by atoms with van der Waals surface area (Å²) in [5.41, 5.74) is 3.18. The van der Waals surface area contributed by atoms with Crippen LogP contribution in [-0.4, -0.2) is 41.5 Å². The maximum absolute atomic E-state index is 12.6. The number of nitrogens with one attached hydrogen (secondary N) is 1. The van der Waals surface area contributed by atoms with E-state index in [4.69, 9.17) is 9.15 Å². The average molecular weight is 434 g/mol. The Hall–Kier alpha value is -3.74. The second kappa shape index (κ2) is 9.18. The Morgan fingerprint density at radius 2 is 1.91 bits per heavy atom. The van der Waals surface area contributed by atoms with Gasteiger partial charge < -0.3 is 23.9 Å². The minimum absolute atomic E-state index is 0.0924. The molecular weight excluding hydrogens is 406 g/mol. The van der Waals surface area contributed by atoms with Crippen LogP contribution in [0.2, 0.25) is 0 Å². The lowest BCUT2D eigenvalue weighted by molar-refractivity contribution is -0.131. The number of aromatic nitrogens is 1. The highest BCUT2D eigenvalue weighted by Crippen LogP contribution is 2.26. The summed E-state index contributed by atoms with van der Waals surface area (Å²) in [6.07, 6.45) is 3.72. The molecule has 2 amide bonds. The standard InChI is InChI=1S/C25H27N3O4/c1-4-27(5-2)25(30)15-28-11-10-17-12-19(6-9-22(17)28)26-24(29)13-18-16-32-23-14-20(31-3)7-8-21(18)23/h6-12,14,16H,4-5,13,15H2,1-3H3,(H,26,29). The van der Waals surface area contributed by atoms with Crippen molar-refractivity contribution in [2.75, 3.05) is 25.5 Å². The monoisotopic (exact) mass is 433 g/mol. The summed E-state index contributed by atoms with van der Waals surface area (Å²) in [5, 5.41) is 4.82. The van der Waals surface area contributed by atoms with E-state index in [1.165, 1.54) is 0 Å². The molecule has 0 radical (unpaired) electrons. The Kier molecular flexibility index (Phi) is 6.16. The van der Waals surface area contributed by atoms with Crippen LogP contribution in [0.3, 0.4) is 0 Å². The van der Waals surface area contributed by atoms with E-state index in [2.05, 4.69) is 5.32 Å². The fraction of sp³-hybridized carbons (Fsp3) is 0.280. The van der Waals surface area contributed by atoms with Crippen molar-refractivity contribution >= 4 is 39.4 Å². The van der Waals surface area contributed by atoms with E-state index < -0.39 is 0 Å². The third kappa shape index (κ3) is 4.32. The Morgan fingerprint density at radius 1 is 1.09 bits per heavy atom. The third-order valence-electron chi connectivity index (χ3n) is 5.69. The van der Waals surface area contributed by atoms with Gasteiger partial charge in [-0.2, -0.15) is 0 Å². The highest BCUT2D eigenvalue weighted by Gasteiger charge is 2.14. The Labute approximate surface area is 186 Å². The third-order valence-corrected chi connectivity index (χ3v) is 5.69. The van der Waals surface area contributed by atoms with Gasteiger partial charge in [0.15, 0.2) is 0 Å². The molecule has 0 aliphatic carbocycles. The van der Waals surface area contributed by atoms with Gasteiger partial charge in [0.1, 0.15) is 17.9 Å². The first kappa shape index (κ1) is 21.5. The number of anilines is 1. The molecule has 4 aromatic rings. The van der Waals surface area contributed by atoms with Crippen LogP contribution >= 0.6 is 0 Å². The zero-order valence-corrected chi connectivity index (χ0v) is 18.6. The van der Waals surface area contributed by atoms with Gasteiger partial charge in [-0.3, -0.25) is 9.59 Å². The molecule has 0 aliphatic rings. The number of ether oxygens (including phenoxy) is 1. The fourth-order valence-corrected chi connectivity index (χ4v) is 3.94. The van der Waals surface area contributed by atoms with E-state index >= 15 is 0 Å². The molecule has 7 nitrogen and oxygen atoms in total. The van der Waals surface area contributed by atoms with Crippen LogP contribution in [0.25, 0.3) is 21.9 Å². The van der Waals surface area contributed by atoms with Gasteiger partial charge >= 0.3 is 0 Å². The van der Waals surface area contributed by atoms with Crippen LogP contribution in [0, 0.1) is 0 Å². The van der Waals surface area contributed by atoms with Gasteiger partial charge in [0.05, 0.1) is 19.8 Å². The van der Waals surface area contributed by atoms with Crippen LogP contribution in [0.15, 0.2) is 59.3 Å². The summed E-state index contributed by atoms with van der Waals surface area (Å²) < 4.78 is 12.7. The molecule has 32 heavy (non-hydrogen) atoms. The molecule has 0 unspecified atom stereocenters. The van der Waals surface area contributed by atoms with Crippen LogP contribution < -0.4 is 10.1 Å². The van der Waals surface area contributed by atoms with E-state index in [0.717, 1.165) is 21.9 Å². The van der Waals surface area contributed by atoms with Gasteiger partial charge in [0, 0.05) is 52.9 Å². The SMILES string of the molecule is CCN(CC)C(=O)Cn1ccc2cc(NC(=O)Cc3coc4cc(OC)ccc34)ccc21. The van der Waals surface area contributed by atoms with E-state index in [9.17, 15) is 9.59 Å². The normalized spacial score (nSPS) is 11.1. The largest absolute Gasteiger partial charge is 0.497 e. The molecule has 166 valence electrons. The molecule has 0 saturated carbocycles. The molecule has 0 spiro atoms. The number of hydrogen-bond acceptors (Lipinski definition) is 4. The van der Waals surface area contributed by atoms with Crippen LogP contribution in [0.5, 0.6) is 5.75 Å². The minimum atomic E-state index is -0.126. The van der Waals surface area contributed by atoms with Gasteiger partial charge in [-0.25, -0.2) is 0 Å². The highest BCUT2D eigenvalue weighted by molar-refractivity contribution is 5.97. The average Bonchev–Trinajstić information content (AvgIpc) is 3.37. The predicted octanol–water partition coefficient (Wildman–Crippen LogP) is 4.45. The molecule has 2 aromatic carbocycles. The molecule has 1 N–H and O–H groups in total. The van der Waals surface area contributed by atoms with Gasteiger partial charge in [-0.05, 0) is 50.2 Å². The van der Waals surface area contributed by atoms with Gasteiger partial charge in [-0.1, -0.05) is 0 Å². The zero-order valence-electron chi connectivity index (χ0n) is 18.6. The summed E-state index contributed by atoms with van der Waals surface area (Å²) in [6, 6.07) is 13.2. The first-order chi connectivity index (χ1) is 15.5. The van der Waals surface area contributed by atoms with Crippen molar-refractivity contribution in [1.82, 2.24) is 9.47 Å². The molecule has 0 bridgehead atoms. The summed E-state index contributed by atoms with van der Waals surface area (Å²) in [5.74, 6) is 0.677. The molecule has 2 heterocycles. The Bertz CT molecular complexity index is 1270. The second-order valence-corrected chi connectivity index (χ2v) is 7.63. The van der Waals surface area contributed by atoms with E-state index in [-0.39, 0.29) is 18.2 Å². The summed E-state index contributed by atoms with van der Waals surface area (Å²) in [6.45, 7) is 5.66. The maximum Gasteiger partial charge on any atom is 0.242 e. The van der Waals surface area contributed by atoms with Crippen LogP contribution in [0.1, 0.15) is 19.4 Å². The number of amides is 2. The quantitative estimate of drug-likeness (QED) is 0.446. The van der Waals surface area contributed by atoms with Gasteiger partial charge in [0.2, 0.25) is 11.8 Å².